The summed E-state index contributed by atoms with van der Waals surface area (Å²) in [4.78, 5) is 57.4. The predicted molar refractivity (Wildman–Crippen MR) is 99.4 cm³/mol. The Morgan fingerprint density at radius 1 is 1.07 bits per heavy atom. The van der Waals surface area contributed by atoms with Crippen molar-refractivity contribution in [2.45, 2.75) is 44.0 Å². The average Bonchev–Trinajstić information content (AvgIpc) is 2.59. The molecule has 12 nitrogen and oxygen atoms in total. The van der Waals surface area contributed by atoms with E-state index in [0.717, 1.165) is 0 Å². The molecule has 3 amide bonds. The van der Waals surface area contributed by atoms with Crippen LogP contribution in [0.2, 0.25) is 0 Å². The van der Waals surface area contributed by atoms with E-state index in [1.54, 1.807) is 6.26 Å². The van der Waals surface area contributed by atoms with Crippen LogP contribution in [0.25, 0.3) is 0 Å². The third kappa shape index (κ3) is 10.1. The van der Waals surface area contributed by atoms with Gasteiger partial charge >= 0.3 is 11.9 Å². The second-order valence-corrected chi connectivity index (χ2v) is 6.87. The first-order valence-corrected chi connectivity index (χ1v) is 9.63. The van der Waals surface area contributed by atoms with Crippen LogP contribution in [0.4, 0.5) is 0 Å². The highest BCUT2D eigenvalue weighted by Gasteiger charge is 2.29. The van der Waals surface area contributed by atoms with Gasteiger partial charge in [-0.05, 0) is 25.4 Å². The number of hydrogen-bond donors (Lipinski definition) is 7. The van der Waals surface area contributed by atoms with Crippen molar-refractivity contribution in [3.05, 3.63) is 0 Å². The van der Waals surface area contributed by atoms with Gasteiger partial charge in [-0.25, -0.2) is 4.79 Å². The normalized spacial score (nSPS) is 14.9. The lowest BCUT2D eigenvalue weighted by Gasteiger charge is -2.22. The fourth-order valence-corrected chi connectivity index (χ4v) is 2.43. The second kappa shape index (κ2) is 12.9. The van der Waals surface area contributed by atoms with E-state index >= 15 is 0 Å². The number of amides is 3. The van der Waals surface area contributed by atoms with Crippen molar-refractivity contribution in [1.82, 2.24) is 16.0 Å². The number of carboxylic acid groups (broad SMARTS) is 2. The Morgan fingerprint density at radius 2 is 1.68 bits per heavy atom. The summed E-state index contributed by atoms with van der Waals surface area (Å²) >= 11 is 1.41. The molecule has 0 radical (unpaired) electrons. The molecule has 28 heavy (non-hydrogen) atoms. The third-order valence-corrected chi connectivity index (χ3v) is 4.11. The molecule has 0 bridgehead atoms. The van der Waals surface area contributed by atoms with Crippen LogP contribution in [-0.2, 0) is 24.0 Å². The number of nitrogens with two attached hydrogens (primary N) is 1. The first-order chi connectivity index (χ1) is 13.0. The van der Waals surface area contributed by atoms with Crippen LogP contribution in [0.15, 0.2) is 0 Å². The van der Waals surface area contributed by atoms with Gasteiger partial charge in [0.2, 0.25) is 17.7 Å². The number of carbonyl (C=O) groups is 5. The Kier molecular flexibility index (Phi) is 11.8. The zero-order chi connectivity index (χ0) is 21.9. The molecule has 13 heteroatoms. The first kappa shape index (κ1) is 25.6. The van der Waals surface area contributed by atoms with Gasteiger partial charge in [0.05, 0.1) is 25.1 Å². The van der Waals surface area contributed by atoms with Crippen molar-refractivity contribution in [2.75, 3.05) is 18.6 Å². The summed E-state index contributed by atoms with van der Waals surface area (Å²) in [7, 11) is 0. The molecule has 0 fully saturated rings. The van der Waals surface area contributed by atoms with Crippen LogP contribution >= 0.6 is 11.8 Å². The molecule has 0 rings (SSSR count). The highest BCUT2D eigenvalue weighted by Crippen LogP contribution is 2.01. The number of carboxylic acids is 2. The van der Waals surface area contributed by atoms with Gasteiger partial charge < -0.3 is 37.0 Å². The van der Waals surface area contributed by atoms with Crippen molar-refractivity contribution < 1.29 is 39.3 Å². The average molecular weight is 422 g/mol. The summed E-state index contributed by atoms with van der Waals surface area (Å²) in [6.07, 6.45) is -0.0512. The van der Waals surface area contributed by atoms with E-state index in [9.17, 15) is 29.1 Å². The van der Waals surface area contributed by atoms with Crippen LogP contribution < -0.4 is 21.7 Å². The molecular weight excluding hydrogens is 396 g/mol. The number of carbonyl (C=O) groups excluding carboxylic acids is 3. The van der Waals surface area contributed by atoms with E-state index in [-0.39, 0.29) is 6.42 Å². The lowest BCUT2D eigenvalue weighted by atomic mass is 10.1. The second-order valence-electron chi connectivity index (χ2n) is 5.89. The van der Waals surface area contributed by atoms with Gasteiger partial charge in [0.1, 0.15) is 12.1 Å². The number of thioether (sulfide) groups is 1. The molecule has 4 atom stereocenters. The minimum atomic E-state index is -1.48. The maximum atomic E-state index is 12.1. The standard InChI is InChI=1S/C15H26N4O8S/c1-7(20)12(19-13(24)8(16)5-11(22)23)14(25)17-6-10(21)18-9(15(26)27)3-4-28-2/h7-9,12,20H,3-6,16H2,1-2H3,(H,17,25)(H,18,21)(H,19,24)(H,22,23)(H,26,27). The highest BCUT2D eigenvalue weighted by atomic mass is 32.2. The lowest BCUT2D eigenvalue weighted by molar-refractivity contribution is -0.141. The number of aliphatic carboxylic acids is 2. The summed E-state index contributed by atoms with van der Waals surface area (Å²) in [6.45, 7) is 0.623. The Labute approximate surface area is 165 Å². The van der Waals surface area contributed by atoms with Crippen molar-refractivity contribution in [3.63, 3.8) is 0 Å². The Hall–Kier alpha value is -2.38. The summed E-state index contributed by atoms with van der Waals surface area (Å²) in [5.41, 5.74) is 5.38. The van der Waals surface area contributed by atoms with Gasteiger partial charge in [-0.3, -0.25) is 19.2 Å². The number of hydrogen-bond acceptors (Lipinski definition) is 8. The van der Waals surface area contributed by atoms with Crippen molar-refractivity contribution in [2.24, 2.45) is 5.73 Å². The largest absolute Gasteiger partial charge is 0.481 e. The molecule has 0 aromatic carbocycles. The maximum Gasteiger partial charge on any atom is 0.326 e. The van der Waals surface area contributed by atoms with E-state index in [1.807, 2.05) is 0 Å². The summed E-state index contributed by atoms with van der Waals surface area (Å²) in [5.74, 6) is -4.66. The fourth-order valence-electron chi connectivity index (χ4n) is 1.96. The van der Waals surface area contributed by atoms with E-state index in [4.69, 9.17) is 15.9 Å². The quantitative estimate of drug-likeness (QED) is 0.161. The van der Waals surface area contributed by atoms with Gasteiger partial charge in [-0.1, -0.05) is 0 Å². The molecular formula is C15H26N4O8S. The molecule has 0 aliphatic rings. The predicted octanol–water partition coefficient (Wildman–Crippen LogP) is -2.91. The van der Waals surface area contributed by atoms with E-state index in [0.29, 0.717) is 5.75 Å². The number of rotatable bonds is 13. The minimum Gasteiger partial charge on any atom is -0.481 e. The van der Waals surface area contributed by atoms with Crippen molar-refractivity contribution in [1.29, 1.82) is 0 Å². The molecule has 4 unspecified atom stereocenters. The smallest absolute Gasteiger partial charge is 0.326 e. The van der Waals surface area contributed by atoms with Gasteiger partial charge in [0.25, 0.3) is 0 Å². The zero-order valence-electron chi connectivity index (χ0n) is 15.5. The number of aliphatic hydroxyl groups is 1. The molecule has 160 valence electrons. The van der Waals surface area contributed by atoms with Crippen LogP contribution in [0.3, 0.4) is 0 Å². The van der Waals surface area contributed by atoms with Crippen LogP contribution in [-0.4, -0.2) is 87.8 Å². The molecule has 8 N–H and O–H groups in total. The molecule has 0 saturated carbocycles. The van der Waals surface area contributed by atoms with E-state index in [1.165, 1.54) is 18.7 Å². The van der Waals surface area contributed by atoms with Gasteiger partial charge in [-0.15, -0.1) is 0 Å². The number of nitrogens with one attached hydrogen (secondary N) is 3. The van der Waals surface area contributed by atoms with Gasteiger partial charge in [0, 0.05) is 0 Å². The summed E-state index contributed by atoms with van der Waals surface area (Å²) in [5, 5.41) is 33.9. The lowest BCUT2D eigenvalue weighted by Crippen LogP contribution is -2.57. The minimum absolute atomic E-state index is 0.198. The van der Waals surface area contributed by atoms with Crippen LogP contribution in [0, 0.1) is 0 Å². The zero-order valence-corrected chi connectivity index (χ0v) is 16.3. The number of aliphatic hydroxyl groups excluding tert-OH is 1. The molecule has 0 spiro atoms. The fraction of sp³-hybridized carbons (Fsp3) is 0.667. The van der Waals surface area contributed by atoms with Crippen molar-refractivity contribution >= 4 is 41.4 Å². The highest BCUT2D eigenvalue weighted by molar-refractivity contribution is 7.98. The molecule has 0 aliphatic heterocycles. The summed E-state index contributed by atoms with van der Waals surface area (Å²) < 4.78 is 0. The molecule has 0 aromatic heterocycles. The van der Waals surface area contributed by atoms with Crippen LogP contribution in [0.1, 0.15) is 19.8 Å². The molecule has 0 saturated heterocycles. The monoisotopic (exact) mass is 422 g/mol. The first-order valence-electron chi connectivity index (χ1n) is 8.24. The topological polar surface area (TPSA) is 208 Å². The molecule has 0 heterocycles. The third-order valence-electron chi connectivity index (χ3n) is 3.46. The Bertz CT molecular complexity index is 586. The summed E-state index contributed by atoms with van der Waals surface area (Å²) in [6, 6.07) is -4.02. The Balaban J connectivity index is 4.72. The van der Waals surface area contributed by atoms with Gasteiger partial charge in [-0.2, -0.15) is 11.8 Å². The van der Waals surface area contributed by atoms with Gasteiger partial charge in [0.15, 0.2) is 0 Å². The van der Waals surface area contributed by atoms with E-state index in [2.05, 4.69) is 16.0 Å². The Morgan fingerprint density at radius 3 is 2.14 bits per heavy atom. The molecule has 0 aromatic rings. The SMILES string of the molecule is CSCCC(NC(=O)CNC(=O)C(NC(=O)C(N)CC(=O)O)C(C)O)C(=O)O. The molecule has 0 aliphatic carbocycles. The van der Waals surface area contributed by atoms with Crippen LogP contribution in [0.5, 0.6) is 0 Å². The van der Waals surface area contributed by atoms with Crippen molar-refractivity contribution in [3.8, 4) is 0 Å². The maximum absolute atomic E-state index is 12.1. The van der Waals surface area contributed by atoms with E-state index < -0.39 is 66.9 Å².